The van der Waals surface area contributed by atoms with Gasteiger partial charge in [-0.05, 0) is 30.5 Å². The Morgan fingerprint density at radius 2 is 2.04 bits per heavy atom. The van der Waals surface area contributed by atoms with Crippen LogP contribution in [0.4, 0.5) is 5.69 Å². The summed E-state index contributed by atoms with van der Waals surface area (Å²) in [7, 11) is 0. The zero-order valence-electron chi connectivity index (χ0n) is 16.0. The first-order chi connectivity index (χ1) is 13.1. The van der Waals surface area contributed by atoms with Crippen molar-refractivity contribution >= 4 is 17.6 Å². The van der Waals surface area contributed by atoms with Crippen LogP contribution in [-0.4, -0.2) is 36.7 Å². The average molecular weight is 369 g/mol. The Morgan fingerprint density at radius 1 is 1.26 bits per heavy atom. The molecule has 0 saturated carbocycles. The van der Waals surface area contributed by atoms with Gasteiger partial charge in [-0.2, -0.15) is 0 Å². The summed E-state index contributed by atoms with van der Waals surface area (Å²) in [6.07, 6.45) is 7.47. The minimum Gasteiger partial charge on any atom is -0.465 e. The average Bonchev–Trinajstić information content (AvgIpc) is 3.33. The number of amides is 1. The van der Waals surface area contributed by atoms with Gasteiger partial charge in [0.25, 0.3) is 0 Å². The van der Waals surface area contributed by atoms with Gasteiger partial charge < -0.3 is 14.4 Å². The standard InChI is InChI=1S/C22H27NO4/c1-3-5-6-13-26-21(25)18-17-11-12-22(27-17)14-23(20(24)19(18)22)16-9-7-15(4-2)8-10-16/h7-12,17-19H,3-6,13-14H2,1-2H3. The number of nitrogens with zero attached hydrogens (tertiary/aromatic N) is 1. The second kappa shape index (κ2) is 7.12. The minimum atomic E-state index is -0.696. The van der Waals surface area contributed by atoms with Crippen LogP contribution in [0.3, 0.4) is 0 Å². The molecule has 3 aliphatic rings. The van der Waals surface area contributed by atoms with E-state index in [4.69, 9.17) is 9.47 Å². The van der Waals surface area contributed by atoms with E-state index < -0.39 is 17.4 Å². The molecule has 5 nitrogen and oxygen atoms in total. The van der Waals surface area contributed by atoms with Crippen LogP contribution in [0.5, 0.6) is 0 Å². The first-order valence-corrected chi connectivity index (χ1v) is 10.0. The van der Waals surface area contributed by atoms with Gasteiger partial charge in [-0.3, -0.25) is 9.59 Å². The first-order valence-electron chi connectivity index (χ1n) is 10.0. The molecule has 3 heterocycles. The number of carbonyl (C=O) groups excluding carboxylic acids is 2. The molecule has 4 unspecified atom stereocenters. The molecule has 5 heteroatoms. The molecule has 0 aromatic heterocycles. The first kappa shape index (κ1) is 18.2. The van der Waals surface area contributed by atoms with Crippen LogP contribution in [0.15, 0.2) is 36.4 Å². The Kier molecular flexibility index (Phi) is 4.81. The maximum Gasteiger partial charge on any atom is 0.312 e. The lowest BCUT2D eigenvalue weighted by atomic mass is 9.77. The quantitative estimate of drug-likeness (QED) is 0.420. The van der Waals surface area contributed by atoms with Gasteiger partial charge in [0.05, 0.1) is 25.2 Å². The third-order valence-electron chi connectivity index (χ3n) is 6.02. The molecule has 0 N–H and O–H groups in total. The van der Waals surface area contributed by atoms with Crippen LogP contribution >= 0.6 is 0 Å². The molecular formula is C22H27NO4. The molecule has 2 saturated heterocycles. The fraction of sp³-hybridized carbons (Fsp3) is 0.545. The van der Waals surface area contributed by atoms with Gasteiger partial charge in [0.2, 0.25) is 5.91 Å². The van der Waals surface area contributed by atoms with Gasteiger partial charge >= 0.3 is 5.97 Å². The van der Waals surface area contributed by atoms with E-state index in [1.54, 1.807) is 4.90 Å². The van der Waals surface area contributed by atoms with E-state index in [2.05, 4.69) is 13.8 Å². The summed E-state index contributed by atoms with van der Waals surface area (Å²) in [6.45, 7) is 5.08. The number of rotatable bonds is 7. The molecule has 0 radical (unpaired) electrons. The summed E-state index contributed by atoms with van der Waals surface area (Å²) >= 11 is 0. The van der Waals surface area contributed by atoms with Crippen molar-refractivity contribution in [3.63, 3.8) is 0 Å². The number of carbonyl (C=O) groups is 2. The predicted molar refractivity (Wildman–Crippen MR) is 102 cm³/mol. The highest BCUT2D eigenvalue weighted by Gasteiger charge is 2.67. The monoisotopic (exact) mass is 369 g/mol. The molecule has 4 atom stereocenters. The zero-order chi connectivity index (χ0) is 19.0. The second-order valence-electron chi connectivity index (χ2n) is 7.72. The van der Waals surface area contributed by atoms with Crippen LogP contribution in [-0.2, 0) is 25.5 Å². The van der Waals surface area contributed by atoms with E-state index in [1.165, 1.54) is 5.56 Å². The summed E-state index contributed by atoms with van der Waals surface area (Å²) in [5.74, 6) is -1.37. The normalized spacial score (nSPS) is 30.8. The Hall–Kier alpha value is -2.14. The molecule has 144 valence electrons. The van der Waals surface area contributed by atoms with Crippen LogP contribution in [0.2, 0.25) is 0 Å². The summed E-state index contributed by atoms with van der Waals surface area (Å²) in [5, 5.41) is 0. The Labute approximate surface area is 160 Å². The lowest BCUT2D eigenvalue weighted by molar-refractivity contribution is -0.152. The second-order valence-corrected chi connectivity index (χ2v) is 7.72. The van der Waals surface area contributed by atoms with Crippen LogP contribution in [0.1, 0.15) is 38.7 Å². The van der Waals surface area contributed by atoms with Crippen molar-refractivity contribution in [2.24, 2.45) is 11.8 Å². The van der Waals surface area contributed by atoms with Gasteiger partial charge in [0, 0.05) is 5.69 Å². The number of esters is 1. The van der Waals surface area contributed by atoms with Crippen molar-refractivity contribution in [2.45, 2.75) is 51.2 Å². The zero-order valence-corrected chi connectivity index (χ0v) is 16.0. The maximum atomic E-state index is 13.2. The largest absolute Gasteiger partial charge is 0.465 e. The number of unbranched alkanes of at least 4 members (excludes halogenated alkanes) is 2. The number of ether oxygens (including phenoxy) is 2. The van der Waals surface area contributed by atoms with Gasteiger partial charge in [0.1, 0.15) is 11.5 Å². The highest BCUT2D eigenvalue weighted by Crippen LogP contribution is 2.52. The molecule has 1 aromatic rings. The Balaban J connectivity index is 1.52. The number of anilines is 1. The van der Waals surface area contributed by atoms with Gasteiger partial charge in [0.15, 0.2) is 0 Å². The Bertz CT molecular complexity index is 756. The molecule has 27 heavy (non-hydrogen) atoms. The van der Waals surface area contributed by atoms with Crippen molar-refractivity contribution in [1.82, 2.24) is 0 Å². The number of benzene rings is 1. The molecule has 4 rings (SSSR count). The van der Waals surface area contributed by atoms with Crippen LogP contribution < -0.4 is 4.90 Å². The van der Waals surface area contributed by atoms with Gasteiger partial charge in [-0.15, -0.1) is 0 Å². The highest BCUT2D eigenvalue weighted by molar-refractivity contribution is 6.02. The minimum absolute atomic E-state index is 0.0402. The summed E-state index contributed by atoms with van der Waals surface area (Å²) < 4.78 is 11.6. The smallest absolute Gasteiger partial charge is 0.312 e. The predicted octanol–water partition coefficient (Wildman–Crippen LogP) is 3.27. The van der Waals surface area contributed by atoms with Crippen molar-refractivity contribution in [3.8, 4) is 0 Å². The van der Waals surface area contributed by atoms with Crippen LogP contribution in [0, 0.1) is 11.8 Å². The molecule has 2 bridgehead atoms. The molecule has 1 spiro atoms. The van der Waals surface area contributed by atoms with Crippen molar-refractivity contribution in [2.75, 3.05) is 18.1 Å². The van der Waals surface area contributed by atoms with Crippen LogP contribution in [0.25, 0.3) is 0 Å². The summed E-state index contributed by atoms with van der Waals surface area (Å²) in [5.41, 5.74) is 1.39. The van der Waals surface area contributed by atoms with E-state index in [0.717, 1.165) is 31.4 Å². The van der Waals surface area contributed by atoms with E-state index in [0.29, 0.717) is 13.2 Å². The van der Waals surface area contributed by atoms with E-state index >= 15 is 0 Å². The van der Waals surface area contributed by atoms with Crippen molar-refractivity contribution in [1.29, 1.82) is 0 Å². The number of hydrogen-bond donors (Lipinski definition) is 0. The van der Waals surface area contributed by atoms with Gasteiger partial charge in [-0.25, -0.2) is 0 Å². The van der Waals surface area contributed by atoms with Crippen molar-refractivity contribution in [3.05, 3.63) is 42.0 Å². The van der Waals surface area contributed by atoms with E-state index in [9.17, 15) is 9.59 Å². The van der Waals surface area contributed by atoms with E-state index in [1.807, 2.05) is 36.4 Å². The summed E-state index contributed by atoms with van der Waals surface area (Å²) in [6, 6.07) is 8.04. The lowest BCUT2D eigenvalue weighted by Crippen LogP contribution is -2.40. The lowest BCUT2D eigenvalue weighted by Gasteiger charge is -2.22. The highest BCUT2D eigenvalue weighted by atomic mass is 16.6. The third kappa shape index (κ3) is 2.98. The maximum absolute atomic E-state index is 13.2. The molecule has 3 aliphatic heterocycles. The summed E-state index contributed by atoms with van der Waals surface area (Å²) in [4.78, 5) is 27.7. The van der Waals surface area contributed by atoms with Crippen molar-refractivity contribution < 1.29 is 19.1 Å². The molecule has 2 fully saturated rings. The molecular weight excluding hydrogens is 342 g/mol. The number of aryl methyl sites for hydroxylation is 1. The molecule has 1 amide bonds. The number of fused-ring (bicyclic) bond motifs is 1. The number of hydrogen-bond acceptors (Lipinski definition) is 4. The molecule has 0 aliphatic carbocycles. The third-order valence-corrected chi connectivity index (χ3v) is 6.02. The fourth-order valence-corrected chi connectivity index (χ4v) is 4.52. The fourth-order valence-electron chi connectivity index (χ4n) is 4.52. The molecule has 1 aromatic carbocycles. The van der Waals surface area contributed by atoms with Gasteiger partial charge in [-0.1, -0.05) is 51.0 Å². The SMILES string of the molecule is CCCCCOC(=O)C1C2C=CC3(CN(c4ccc(CC)cc4)C(=O)C13)O2. The topological polar surface area (TPSA) is 55.8 Å². The van der Waals surface area contributed by atoms with E-state index in [-0.39, 0.29) is 18.0 Å². The Morgan fingerprint density at radius 3 is 2.74 bits per heavy atom.